The van der Waals surface area contributed by atoms with Gasteiger partial charge in [0.2, 0.25) is 0 Å². The Morgan fingerprint density at radius 3 is 1.73 bits per heavy atom. The molecule has 3 aromatic carbocycles. The first-order valence-electron chi connectivity index (χ1n) is 16.0. The molecule has 234 valence electrons. The van der Waals surface area contributed by atoms with E-state index in [1.165, 1.54) is 0 Å². The highest BCUT2D eigenvalue weighted by molar-refractivity contribution is 6.14. The van der Waals surface area contributed by atoms with Crippen molar-refractivity contribution in [1.29, 1.82) is 0 Å². The molecule has 0 saturated heterocycles. The van der Waals surface area contributed by atoms with Crippen molar-refractivity contribution in [3.05, 3.63) is 112 Å². The van der Waals surface area contributed by atoms with Crippen LogP contribution in [0.1, 0.15) is 116 Å². The third kappa shape index (κ3) is 7.48. The highest BCUT2D eigenvalue weighted by Crippen LogP contribution is 2.44. The predicted octanol–water partition coefficient (Wildman–Crippen LogP) is 10.9. The maximum absolute atomic E-state index is 13.5. The Hall–Kier alpha value is -3.96. The smallest absolute Gasteiger partial charge is 0.291 e. The van der Waals surface area contributed by atoms with Crippen LogP contribution < -0.4 is 0 Å². The number of carbonyl (C=O) groups is 1. The van der Waals surface area contributed by atoms with Crippen LogP contribution in [0.5, 0.6) is 5.75 Å². The molecule has 0 fully saturated rings. The van der Waals surface area contributed by atoms with Crippen molar-refractivity contribution in [2.75, 3.05) is 0 Å². The minimum atomic E-state index is -0.262. The topological polar surface area (TPSA) is 37.3 Å². The lowest BCUT2D eigenvalue weighted by Crippen LogP contribution is -2.32. The Bertz CT molecular complexity index is 1720. The molecule has 0 bridgehead atoms. The first kappa shape index (κ1) is 33.9. The van der Waals surface area contributed by atoms with E-state index in [0.717, 1.165) is 61.6 Å². The van der Waals surface area contributed by atoms with E-state index in [1.807, 2.05) is 12.1 Å². The number of rotatable bonds is 2. The van der Waals surface area contributed by atoms with Crippen LogP contribution in [-0.4, -0.2) is 10.9 Å². The van der Waals surface area contributed by atoms with Gasteiger partial charge in [0.1, 0.15) is 17.2 Å². The minimum absolute atomic E-state index is 0.144. The third-order valence-electron chi connectivity index (χ3n) is 8.53. The second-order valence-electron chi connectivity index (χ2n) is 16.7. The van der Waals surface area contributed by atoms with Gasteiger partial charge in [0.15, 0.2) is 0 Å². The van der Waals surface area contributed by atoms with Crippen molar-refractivity contribution in [3.8, 4) is 28.7 Å². The first-order valence-corrected chi connectivity index (χ1v) is 16.0. The first-order chi connectivity index (χ1) is 20.6. The van der Waals surface area contributed by atoms with Gasteiger partial charge in [-0.25, -0.2) is 0 Å². The zero-order valence-electron chi connectivity index (χ0n) is 29.7. The van der Waals surface area contributed by atoms with Gasteiger partial charge >= 0.3 is 0 Å². The van der Waals surface area contributed by atoms with Crippen LogP contribution in [-0.2, 0) is 15.6 Å². The lowest BCUT2D eigenvalue weighted by Gasteiger charge is -2.28. The van der Waals surface area contributed by atoms with Crippen LogP contribution in [0, 0.1) is 35.5 Å². The molecule has 0 radical (unpaired) electrons. The van der Waals surface area contributed by atoms with E-state index in [9.17, 15) is 9.90 Å². The summed E-state index contributed by atoms with van der Waals surface area (Å²) in [5.41, 5.74) is 9.13. The molecule has 2 nitrogen and oxygen atoms in total. The maximum Gasteiger partial charge on any atom is 0.291 e. The number of Topliss-reactive ketones (excluding diaryl/α,β-unsaturated/α-hetero) is 1. The van der Waals surface area contributed by atoms with Crippen molar-refractivity contribution < 1.29 is 9.90 Å². The van der Waals surface area contributed by atoms with Gasteiger partial charge in [-0.3, -0.25) is 4.79 Å². The summed E-state index contributed by atoms with van der Waals surface area (Å²) in [6, 6.07) is 18.9. The normalized spacial score (nSPS) is 14.5. The van der Waals surface area contributed by atoms with Gasteiger partial charge in [0.05, 0.1) is 17.7 Å². The number of hydrogen-bond acceptors (Lipinski definition) is 2. The van der Waals surface area contributed by atoms with Crippen LogP contribution in [0.15, 0.2) is 72.3 Å². The lowest BCUT2D eigenvalue weighted by molar-refractivity contribution is -0.115. The molecule has 0 heterocycles. The molecule has 1 N–H and O–H groups in total. The summed E-state index contributed by atoms with van der Waals surface area (Å²) in [4.78, 5) is 13.5. The van der Waals surface area contributed by atoms with E-state index < -0.39 is 0 Å². The van der Waals surface area contributed by atoms with Crippen LogP contribution in [0.2, 0.25) is 0 Å². The Labute approximate surface area is 272 Å². The summed E-state index contributed by atoms with van der Waals surface area (Å²) in [5, 5.41) is 11.2. The summed E-state index contributed by atoms with van der Waals surface area (Å²) < 4.78 is 0. The monoisotopic (exact) mass is 599 g/mol. The second kappa shape index (κ2) is 11.8. The predicted molar refractivity (Wildman–Crippen MR) is 191 cm³/mol. The average molecular weight is 600 g/mol. The summed E-state index contributed by atoms with van der Waals surface area (Å²) in [5.74, 6) is 8.18. The van der Waals surface area contributed by atoms with Gasteiger partial charge in [0, 0.05) is 38.6 Å². The average Bonchev–Trinajstić information content (AvgIpc) is 2.90. The van der Waals surface area contributed by atoms with Crippen molar-refractivity contribution in [3.63, 3.8) is 0 Å². The molecule has 45 heavy (non-hydrogen) atoms. The number of phenols is 1. The fraction of sp³-hybridized carbons (Fsp3) is 0.395. The van der Waals surface area contributed by atoms with E-state index in [2.05, 4.69) is 156 Å². The molecule has 0 saturated carbocycles. The van der Waals surface area contributed by atoms with Gasteiger partial charge in [-0.05, 0) is 112 Å². The molecule has 0 unspecified atom stereocenters. The number of carbonyl (C=O) groups excluding carboxylic acids is 1. The minimum Gasteiger partial charge on any atom is -0.507 e. The number of ketones is 1. The summed E-state index contributed by atoms with van der Waals surface area (Å²) >= 11 is 0. The van der Waals surface area contributed by atoms with E-state index >= 15 is 0 Å². The highest BCUT2D eigenvalue weighted by atomic mass is 16.3. The summed E-state index contributed by atoms with van der Waals surface area (Å²) in [7, 11) is 0. The van der Waals surface area contributed by atoms with Crippen molar-refractivity contribution in [2.24, 2.45) is 10.8 Å². The molecule has 1 aliphatic rings. The Morgan fingerprint density at radius 2 is 1.22 bits per heavy atom. The molecule has 1 aliphatic carbocycles. The van der Waals surface area contributed by atoms with E-state index in [-0.39, 0.29) is 27.4 Å². The second-order valence-corrected chi connectivity index (χ2v) is 16.7. The zero-order chi connectivity index (χ0) is 33.7. The van der Waals surface area contributed by atoms with Crippen LogP contribution in [0.4, 0.5) is 0 Å². The molecule has 2 heteroatoms. The quantitative estimate of drug-likeness (QED) is 0.235. The van der Waals surface area contributed by atoms with Crippen LogP contribution >= 0.6 is 0 Å². The third-order valence-corrected chi connectivity index (χ3v) is 8.53. The van der Waals surface area contributed by atoms with E-state index in [4.69, 9.17) is 0 Å². The number of aryl methyl sites for hydroxylation is 1. The zero-order valence-corrected chi connectivity index (χ0v) is 29.7. The molecule has 4 rings (SSSR count). The Balaban J connectivity index is 1.76. The molecule has 0 spiro atoms. The SMILES string of the molecule is Cc1ccc(C#Cc2cccc(-c3cc(C(C)(C)C)c(O)c(C(C)(C)C)c3)c2)cc1C1=C[C+](C(C)(C)C)C(=O)C(C(C)(C)C)=C1. The molecular formula is C43H51O2+. The van der Waals surface area contributed by atoms with Gasteiger partial charge in [-0.2, -0.15) is 0 Å². The van der Waals surface area contributed by atoms with E-state index in [0.29, 0.717) is 5.75 Å². The fourth-order valence-electron chi connectivity index (χ4n) is 5.77. The number of allylic oxidation sites excluding steroid dienone is 4. The molecule has 0 aromatic heterocycles. The lowest BCUT2D eigenvalue weighted by atomic mass is 9.67. The van der Waals surface area contributed by atoms with Crippen LogP contribution in [0.3, 0.4) is 0 Å². The molecular weight excluding hydrogens is 548 g/mol. The summed E-state index contributed by atoms with van der Waals surface area (Å²) in [6.07, 6.45) is 4.16. The molecule has 3 aromatic rings. The van der Waals surface area contributed by atoms with Gasteiger partial charge < -0.3 is 5.11 Å². The number of benzene rings is 3. The standard InChI is InChI=1S/C43H50O2/c1-27-17-18-29(22-33(27)32-25-36(42(8,9)10)39(45)37(26-32)43(11,12)13)20-19-28-15-14-16-30(21-28)31-23-34(40(2,3)4)38(44)35(24-31)41(5,6)7/h14-18,21-26H,1-13H3/p+1. The molecule has 0 amide bonds. The fourth-order valence-corrected chi connectivity index (χ4v) is 5.77. The maximum atomic E-state index is 13.5. The van der Waals surface area contributed by atoms with Gasteiger partial charge in [0.25, 0.3) is 5.78 Å². The van der Waals surface area contributed by atoms with Crippen LogP contribution in [0.25, 0.3) is 16.7 Å². The van der Waals surface area contributed by atoms with Crippen molar-refractivity contribution >= 4 is 11.4 Å². The number of hydrogen-bond donors (Lipinski definition) is 1. The van der Waals surface area contributed by atoms with Crippen molar-refractivity contribution in [2.45, 2.75) is 101 Å². The number of phenolic OH excluding ortho intramolecular Hbond substituents is 1. The highest BCUT2D eigenvalue weighted by Gasteiger charge is 2.45. The largest absolute Gasteiger partial charge is 0.507 e. The number of aromatic hydroxyl groups is 1. The molecule has 0 atom stereocenters. The van der Waals surface area contributed by atoms with Gasteiger partial charge in [-0.15, -0.1) is 0 Å². The van der Waals surface area contributed by atoms with E-state index in [1.54, 1.807) is 0 Å². The molecule has 0 aliphatic heterocycles. The summed E-state index contributed by atoms with van der Waals surface area (Å²) in [6.45, 7) is 27.6. The van der Waals surface area contributed by atoms with Gasteiger partial charge in [-0.1, -0.05) is 71.6 Å². The van der Waals surface area contributed by atoms with Crippen molar-refractivity contribution in [1.82, 2.24) is 0 Å². The Morgan fingerprint density at radius 1 is 0.667 bits per heavy atom. The Kier molecular flexibility index (Phi) is 8.86.